The summed E-state index contributed by atoms with van der Waals surface area (Å²) < 4.78 is 1.80. The predicted molar refractivity (Wildman–Crippen MR) is 113 cm³/mol. The van der Waals surface area contributed by atoms with Gasteiger partial charge in [-0.15, -0.1) is 0 Å². The fraction of sp³-hybridized carbons (Fsp3) is 0.400. The first-order chi connectivity index (χ1) is 13.7. The Hall–Kier alpha value is -2.56. The number of aromatic nitrogens is 2. The van der Waals surface area contributed by atoms with Crippen LogP contribution >= 0.6 is 23.2 Å². The molecular weight excluding hydrogens is 413 g/mol. The molecule has 29 heavy (non-hydrogen) atoms. The van der Waals surface area contributed by atoms with Crippen molar-refractivity contribution < 1.29 is 9.59 Å². The third-order valence-electron chi connectivity index (χ3n) is 4.57. The molecule has 1 aromatic carbocycles. The highest BCUT2D eigenvalue weighted by Gasteiger charge is 2.17. The first kappa shape index (κ1) is 22.7. The minimum atomic E-state index is -0.323. The maximum Gasteiger partial charge on any atom is 0.243 e. The van der Waals surface area contributed by atoms with Gasteiger partial charge in [0.25, 0.3) is 0 Å². The highest BCUT2D eigenvalue weighted by molar-refractivity contribution is 6.42. The number of benzene rings is 1. The zero-order chi connectivity index (χ0) is 21.6. The van der Waals surface area contributed by atoms with Gasteiger partial charge in [-0.1, -0.05) is 23.2 Å². The number of carbonyl (C=O) groups is 2. The van der Waals surface area contributed by atoms with Crippen molar-refractivity contribution in [2.45, 2.75) is 39.7 Å². The lowest BCUT2D eigenvalue weighted by molar-refractivity contribution is -0.133. The van der Waals surface area contributed by atoms with Gasteiger partial charge in [0.2, 0.25) is 11.8 Å². The Morgan fingerprint density at radius 2 is 2.00 bits per heavy atom. The number of amides is 2. The first-order valence-corrected chi connectivity index (χ1v) is 9.87. The molecule has 0 atom stereocenters. The molecule has 7 nitrogen and oxygen atoms in total. The van der Waals surface area contributed by atoms with E-state index in [1.54, 1.807) is 29.9 Å². The van der Waals surface area contributed by atoms with Crippen LogP contribution in [0.25, 0.3) is 0 Å². The molecule has 0 saturated heterocycles. The second kappa shape index (κ2) is 10.3. The summed E-state index contributed by atoms with van der Waals surface area (Å²) in [6.07, 6.45) is 1.18. The molecule has 0 bridgehead atoms. The highest BCUT2D eigenvalue weighted by atomic mass is 35.5. The van der Waals surface area contributed by atoms with E-state index in [0.29, 0.717) is 35.1 Å². The Bertz CT molecular complexity index is 949. The van der Waals surface area contributed by atoms with Crippen LogP contribution in [0, 0.1) is 25.2 Å². The minimum absolute atomic E-state index is 0.0710. The molecule has 2 amide bonds. The van der Waals surface area contributed by atoms with Gasteiger partial charge in [0, 0.05) is 24.8 Å². The number of nitrogens with one attached hydrogen (secondary N) is 1. The maximum absolute atomic E-state index is 12.4. The number of aryl methyl sites for hydroxylation is 2. The van der Waals surface area contributed by atoms with Gasteiger partial charge >= 0.3 is 0 Å². The lowest BCUT2D eigenvalue weighted by Crippen LogP contribution is -2.35. The van der Waals surface area contributed by atoms with Crippen molar-refractivity contribution in [3.05, 3.63) is 45.2 Å². The van der Waals surface area contributed by atoms with Crippen molar-refractivity contribution in [1.82, 2.24) is 14.7 Å². The molecule has 154 valence electrons. The summed E-state index contributed by atoms with van der Waals surface area (Å²) in [7, 11) is 1.59. The van der Waals surface area contributed by atoms with Crippen LogP contribution in [0.5, 0.6) is 0 Å². The van der Waals surface area contributed by atoms with Crippen LogP contribution in [0.1, 0.15) is 29.8 Å². The monoisotopic (exact) mass is 435 g/mol. The standard InChI is InChI=1S/C20H23Cl2N5O2/c1-13-16(14(2)27(25-13)10-4-9-23)6-8-20(29)26(3)12-19(28)24-15-5-7-17(21)18(22)11-15/h5,7,11H,4,6,8,10,12H2,1-3H3,(H,24,28). The fourth-order valence-corrected chi connectivity index (χ4v) is 3.27. The summed E-state index contributed by atoms with van der Waals surface area (Å²) >= 11 is 11.8. The molecule has 0 fully saturated rings. The number of likely N-dealkylation sites (N-methyl/N-ethyl adjacent to an activating group) is 1. The van der Waals surface area contributed by atoms with Crippen molar-refractivity contribution in [3.63, 3.8) is 0 Å². The third-order valence-corrected chi connectivity index (χ3v) is 5.30. The number of nitrogens with zero attached hydrogens (tertiary/aromatic N) is 4. The zero-order valence-electron chi connectivity index (χ0n) is 16.6. The van der Waals surface area contributed by atoms with Gasteiger partial charge in [-0.25, -0.2) is 0 Å². The van der Waals surface area contributed by atoms with E-state index in [1.807, 2.05) is 13.8 Å². The van der Waals surface area contributed by atoms with Gasteiger partial charge in [-0.3, -0.25) is 14.3 Å². The number of carbonyl (C=O) groups excluding carboxylic acids is 2. The van der Waals surface area contributed by atoms with Gasteiger partial charge in [0.05, 0.1) is 41.3 Å². The number of hydrogen-bond acceptors (Lipinski definition) is 4. The largest absolute Gasteiger partial charge is 0.336 e. The van der Waals surface area contributed by atoms with Crippen molar-refractivity contribution in [1.29, 1.82) is 5.26 Å². The van der Waals surface area contributed by atoms with E-state index >= 15 is 0 Å². The van der Waals surface area contributed by atoms with Crippen LogP contribution in [0.3, 0.4) is 0 Å². The molecule has 0 radical (unpaired) electrons. The summed E-state index contributed by atoms with van der Waals surface area (Å²) in [6, 6.07) is 6.90. The van der Waals surface area contributed by atoms with E-state index in [1.165, 1.54) is 4.90 Å². The molecule has 0 aliphatic carbocycles. The molecule has 2 rings (SSSR count). The zero-order valence-corrected chi connectivity index (χ0v) is 18.1. The highest BCUT2D eigenvalue weighted by Crippen LogP contribution is 2.25. The average Bonchev–Trinajstić information content (AvgIpc) is 2.94. The maximum atomic E-state index is 12.4. The van der Waals surface area contributed by atoms with E-state index in [-0.39, 0.29) is 24.8 Å². The molecule has 1 N–H and O–H groups in total. The van der Waals surface area contributed by atoms with E-state index in [2.05, 4.69) is 16.5 Å². The summed E-state index contributed by atoms with van der Waals surface area (Å²) in [5.41, 5.74) is 3.34. The van der Waals surface area contributed by atoms with Gasteiger partial charge < -0.3 is 10.2 Å². The van der Waals surface area contributed by atoms with Crippen LogP contribution in [-0.2, 0) is 22.6 Å². The molecule has 0 spiro atoms. The summed E-state index contributed by atoms with van der Waals surface area (Å²) in [5, 5.41) is 16.6. The number of hydrogen-bond donors (Lipinski definition) is 1. The molecular formula is C20H23Cl2N5O2. The average molecular weight is 436 g/mol. The Balaban J connectivity index is 1.89. The number of nitriles is 1. The second-order valence-electron chi connectivity index (χ2n) is 6.71. The van der Waals surface area contributed by atoms with E-state index in [9.17, 15) is 9.59 Å². The lowest BCUT2D eigenvalue weighted by atomic mass is 10.1. The van der Waals surface area contributed by atoms with Gasteiger partial charge in [0.15, 0.2) is 0 Å². The molecule has 9 heteroatoms. The van der Waals surface area contributed by atoms with Crippen LogP contribution in [-0.4, -0.2) is 40.1 Å². The van der Waals surface area contributed by atoms with Crippen LogP contribution in [0.4, 0.5) is 5.69 Å². The number of halogens is 2. The van der Waals surface area contributed by atoms with Gasteiger partial charge in [0.1, 0.15) is 0 Å². The molecule has 2 aromatic rings. The number of anilines is 1. The normalized spacial score (nSPS) is 10.5. The van der Waals surface area contributed by atoms with Crippen molar-refractivity contribution >= 4 is 40.7 Å². The summed E-state index contributed by atoms with van der Waals surface area (Å²) in [6.45, 7) is 4.29. The van der Waals surface area contributed by atoms with E-state index in [4.69, 9.17) is 28.5 Å². The SMILES string of the molecule is Cc1nn(CCC#N)c(C)c1CCC(=O)N(C)CC(=O)Nc1ccc(Cl)c(Cl)c1. The minimum Gasteiger partial charge on any atom is -0.336 e. The van der Waals surface area contributed by atoms with Crippen molar-refractivity contribution in [2.24, 2.45) is 0 Å². The van der Waals surface area contributed by atoms with E-state index in [0.717, 1.165) is 17.0 Å². The lowest BCUT2D eigenvalue weighted by Gasteiger charge is -2.17. The van der Waals surface area contributed by atoms with E-state index < -0.39 is 0 Å². The third kappa shape index (κ3) is 6.21. The second-order valence-corrected chi connectivity index (χ2v) is 7.52. The molecule has 1 heterocycles. The van der Waals surface area contributed by atoms with Crippen molar-refractivity contribution in [2.75, 3.05) is 18.9 Å². The topological polar surface area (TPSA) is 91.0 Å². The van der Waals surface area contributed by atoms with Gasteiger partial charge in [-0.2, -0.15) is 10.4 Å². The van der Waals surface area contributed by atoms with Crippen molar-refractivity contribution in [3.8, 4) is 6.07 Å². The summed E-state index contributed by atoms with van der Waals surface area (Å²) in [4.78, 5) is 26.0. The Morgan fingerprint density at radius 3 is 2.66 bits per heavy atom. The predicted octanol–water partition coefficient (Wildman–Crippen LogP) is 3.75. The molecule has 1 aromatic heterocycles. The summed E-state index contributed by atoms with van der Waals surface area (Å²) in [5.74, 6) is -0.464. The molecule has 0 saturated carbocycles. The molecule has 0 aliphatic rings. The Labute approximate surface area is 180 Å². The smallest absolute Gasteiger partial charge is 0.243 e. The van der Waals surface area contributed by atoms with Crippen LogP contribution in [0.2, 0.25) is 10.0 Å². The van der Waals surface area contributed by atoms with Crippen LogP contribution in [0.15, 0.2) is 18.2 Å². The fourth-order valence-electron chi connectivity index (χ4n) is 2.97. The quantitative estimate of drug-likeness (QED) is 0.683. The Kier molecular flexibility index (Phi) is 8.06. The van der Waals surface area contributed by atoms with Crippen LogP contribution < -0.4 is 5.32 Å². The van der Waals surface area contributed by atoms with Gasteiger partial charge in [-0.05, 0) is 44.0 Å². The Morgan fingerprint density at radius 1 is 1.28 bits per heavy atom. The number of rotatable bonds is 8. The molecule has 0 unspecified atom stereocenters. The molecule has 0 aliphatic heterocycles. The first-order valence-electron chi connectivity index (χ1n) is 9.11.